The lowest BCUT2D eigenvalue weighted by Crippen LogP contribution is -2.33. The molecule has 0 saturated heterocycles. The molecule has 142 valence electrons. The van der Waals surface area contributed by atoms with Gasteiger partial charge in [0, 0.05) is 6.07 Å². The van der Waals surface area contributed by atoms with Crippen molar-refractivity contribution in [1.82, 2.24) is 19.6 Å². The number of amides is 2. The van der Waals surface area contributed by atoms with Crippen molar-refractivity contribution in [3.63, 3.8) is 0 Å². The highest BCUT2D eigenvalue weighted by Gasteiger charge is 2.66. The van der Waals surface area contributed by atoms with Gasteiger partial charge in [-0.3, -0.25) is 5.32 Å². The van der Waals surface area contributed by atoms with E-state index in [1.165, 1.54) is 29.8 Å². The van der Waals surface area contributed by atoms with Crippen LogP contribution in [0.5, 0.6) is 0 Å². The second-order valence-corrected chi connectivity index (χ2v) is 7.78. The third-order valence-electron chi connectivity index (χ3n) is 4.31. The third kappa shape index (κ3) is 3.10. The lowest BCUT2D eigenvalue weighted by atomic mass is 10.00. The number of urea groups is 1. The Morgan fingerprint density at radius 1 is 1.30 bits per heavy atom. The van der Waals surface area contributed by atoms with Crippen molar-refractivity contribution in [3.05, 3.63) is 34.3 Å². The van der Waals surface area contributed by atoms with Gasteiger partial charge in [-0.05, 0) is 19.8 Å². The van der Waals surface area contributed by atoms with Gasteiger partial charge >= 0.3 is 12.2 Å². The molecule has 0 spiro atoms. The topological polar surface area (TPSA) is 84.2 Å². The highest BCUT2D eigenvalue weighted by molar-refractivity contribution is 7.15. The molecule has 0 aromatic carbocycles. The molecular formula is C15H12ClF3N6OS. The molecule has 0 atom stereocenters. The van der Waals surface area contributed by atoms with E-state index in [1.54, 1.807) is 6.92 Å². The van der Waals surface area contributed by atoms with E-state index >= 15 is 0 Å². The van der Waals surface area contributed by atoms with Crippen molar-refractivity contribution in [2.24, 2.45) is 0 Å². The van der Waals surface area contributed by atoms with Gasteiger partial charge < -0.3 is 5.32 Å². The van der Waals surface area contributed by atoms with Crippen molar-refractivity contribution in [2.45, 2.75) is 31.4 Å². The second kappa shape index (κ2) is 6.06. The molecule has 3 aromatic rings. The summed E-state index contributed by atoms with van der Waals surface area (Å²) in [4.78, 5) is 20.3. The van der Waals surface area contributed by atoms with Crippen LogP contribution in [-0.2, 0) is 5.41 Å². The molecule has 1 saturated carbocycles. The van der Waals surface area contributed by atoms with Crippen LogP contribution in [0.4, 0.5) is 28.7 Å². The zero-order valence-corrected chi connectivity index (χ0v) is 15.3. The van der Waals surface area contributed by atoms with Crippen LogP contribution in [0.3, 0.4) is 0 Å². The average Bonchev–Trinajstić information content (AvgIpc) is 3.15. The largest absolute Gasteiger partial charge is 0.400 e. The number of hydrogen-bond acceptors (Lipinski definition) is 5. The number of halogens is 4. The lowest BCUT2D eigenvalue weighted by molar-refractivity contribution is -0.161. The van der Waals surface area contributed by atoms with Crippen molar-refractivity contribution in [3.8, 4) is 0 Å². The maximum absolute atomic E-state index is 13.8. The van der Waals surface area contributed by atoms with E-state index in [0.29, 0.717) is 5.00 Å². The maximum atomic E-state index is 13.8. The summed E-state index contributed by atoms with van der Waals surface area (Å²) in [5.41, 5.74) is -2.17. The van der Waals surface area contributed by atoms with Gasteiger partial charge in [0.05, 0.1) is 28.8 Å². The number of carbonyl (C=O) groups is 1. The van der Waals surface area contributed by atoms with Gasteiger partial charge in [0.25, 0.3) is 0 Å². The molecule has 12 heteroatoms. The molecule has 4 rings (SSSR count). The van der Waals surface area contributed by atoms with Gasteiger partial charge in [0.2, 0.25) is 0 Å². The van der Waals surface area contributed by atoms with E-state index in [9.17, 15) is 18.0 Å². The number of fused-ring (bicyclic) bond motifs is 1. The molecule has 3 aromatic heterocycles. The fourth-order valence-corrected chi connectivity index (χ4v) is 3.77. The molecule has 1 aliphatic carbocycles. The van der Waals surface area contributed by atoms with Gasteiger partial charge in [-0.15, -0.1) is 11.3 Å². The number of rotatable bonds is 3. The number of carbonyl (C=O) groups excluding carboxylic acids is 1. The molecule has 7 nitrogen and oxygen atoms in total. The van der Waals surface area contributed by atoms with Crippen LogP contribution in [-0.4, -0.2) is 31.8 Å². The van der Waals surface area contributed by atoms with Gasteiger partial charge in [-0.1, -0.05) is 11.6 Å². The zero-order valence-electron chi connectivity index (χ0n) is 13.8. The SMILES string of the molecule is Cc1ncc(NC(=O)Nc2cnc3cc(Cl)nn3c2C2(C(F)(F)F)CC2)s1. The molecule has 0 bridgehead atoms. The molecular weight excluding hydrogens is 405 g/mol. The van der Waals surface area contributed by atoms with Crippen LogP contribution in [0.1, 0.15) is 23.5 Å². The number of nitrogens with one attached hydrogen (secondary N) is 2. The minimum Gasteiger partial charge on any atom is -0.305 e. The molecule has 0 unspecified atom stereocenters. The standard InChI is InChI=1S/C15H12ClF3N6OS/c1-7-20-6-11(27-7)23-13(26)22-8-5-21-10-4-9(16)24-25(10)12(8)14(2-3-14)15(17,18)19/h4-6H,2-3H2,1H3,(H2,22,23,26). The summed E-state index contributed by atoms with van der Waals surface area (Å²) in [5, 5.41) is 10.2. The average molecular weight is 417 g/mol. The Kier molecular flexibility index (Phi) is 4.04. The van der Waals surface area contributed by atoms with Crippen molar-refractivity contribution < 1.29 is 18.0 Å². The minimum absolute atomic E-state index is 0.0171. The van der Waals surface area contributed by atoms with Crippen LogP contribution in [0.25, 0.3) is 5.65 Å². The minimum atomic E-state index is -4.50. The molecule has 0 aliphatic heterocycles. The first-order valence-electron chi connectivity index (χ1n) is 7.81. The van der Waals surface area contributed by atoms with Crippen LogP contribution in [0, 0.1) is 6.92 Å². The fraction of sp³-hybridized carbons (Fsp3) is 0.333. The summed E-state index contributed by atoms with van der Waals surface area (Å²) < 4.78 is 42.3. The lowest BCUT2D eigenvalue weighted by Gasteiger charge is -2.23. The van der Waals surface area contributed by atoms with E-state index in [-0.39, 0.29) is 35.0 Å². The first kappa shape index (κ1) is 18.0. The van der Waals surface area contributed by atoms with Gasteiger partial charge in [-0.25, -0.2) is 19.3 Å². The van der Waals surface area contributed by atoms with Gasteiger partial charge in [0.1, 0.15) is 10.4 Å². The highest BCUT2D eigenvalue weighted by atomic mass is 35.5. The quantitative estimate of drug-likeness (QED) is 0.663. The summed E-state index contributed by atoms with van der Waals surface area (Å²) in [5.74, 6) is 0. The highest BCUT2D eigenvalue weighted by Crippen LogP contribution is 2.60. The fourth-order valence-electron chi connectivity index (χ4n) is 2.92. The number of nitrogens with zero attached hydrogens (tertiary/aromatic N) is 4. The Morgan fingerprint density at radius 3 is 2.63 bits per heavy atom. The molecule has 2 N–H and O–H groups in total. The molecule has 1 fully saturated rings. The molecule has 3 heterocycles. The van der Waals surface area contributed by atoms with E-state index in [4.69, 9.17) is 11.6 Å². The second-order valence-electron chi connectivity index (χ2n) is 6.16. The first-order chi connectivity index (χ1) is 12.7. The number of hydrogen-bond donors (Lipinski definition) is 2. The van der Waals surface area contributed by atoms with Gasteiger partial charge in [0.15, 0.2) is 10.8 Å². The molecule has 1 aliphatic rings. The number of aryl methyl sites for hydroxylation is 1. The summed E-state index contributed by atoms with van der Waals surface area (Å²) in [6, 6.07) is 0.666. The van der Waals surface area contributed by atoms with E-state index in [1.807, 2.05) is 0 Å². The normalized spacial score (nSPS) is 15.7. The van der Waals surface area contributed by atoms with E-state index in [0.717, 1.165) is 9.52 Å². The van der Waals surface area contributed by atoms with Crippen molar-refractivity contribution in [1.29, 1.82) is 0 Å². The Balaban J connectivity index is 1.74. The maximum Gasteiger partial charge on any atom is 0.400 e. The Hall–Kier alpha value is -2.40. The monoisotopic (exact) mass is 416 g/mol. The smallest absolute Gasteiger partial charge is 0.305 e. The summed E-state index contributed by atoms with van der Waals surface area (Å²) >= 11 is 7.09. The zero-order chi connectivity index (χ0) is 19.4. The summed E-state index contributed by atoms with van der Waals surface area (Å²) in [7, 11) is 0. The first-order valence-corrected chi connectivity index (χ1v) is 9.01. The van der Waals surface area contributed by atoms with Crippen molar-refractivity contribution in [2.75, 3.05) is 10.6 Å². The predicted octanol–water partition coefficient (Wildman–Crippen LogP) is 4.39. The van der Waals surface area contributed by atoms with Crippen LogP contribution in [0.2, 0.25) is 5.15 Å². The predicted molar refractivity (Wildman–Crippen MR) is 94.5 cm³/mol. The van der Waals surface area contributed by atoms with Crippen molar-refractivity contribution >= 4 is 45.3 Å². The Bertz CT molecular complexity index is 1040. The molecule has 2 amide bonds. The van der Waals surface area contributed by atoms with E-state index in [2.05, 4.69) is 25.7 Å². The summed E-state index contributed by atoms with van der Waals surface area (Å²) in [6.45, 7) is 1.77. The molecule has 0 radical (unpaired) electrons. The summed E-state index contributed by atoms with van der Waals surface area (Å²) in [6.07, 6.45) is -2.05. The van der Waals surface area contributed by atoms with Crippen LogP contribution in [0.15, 0.2) is 18.5 Å². The third-order valence-corrected chi connectivity index (χ3v) is 5.32. The molecule has 27 heavy (non-hydrogen) atoms. The van der Waals surface area contributed by atoms with E-state index < -0.39 is 17.6 Å². The number of thiazole rings is 1. The van der Waals surface area contributed by atoms with Crippen LogP contribution < -0.4 is 10.6 Å². The van der Waals surface area contributed by atoms with Gasteiger partial charge in [-0.2, -0.15) is 18.3 Å². The Morgan fingerprint density at radius 2 is 2.04 bits per heavy atom. The Labute approximate surface area is 159 Å². The number of alkyl halides is 3. The van der Waals surface area contributed by atoms with Crippen LogP contribution >= 0.6 is 22.9 Å². The number of anilines is 2. The number of aromatic nitrogens is 4.